The molecule has 3 rings (SSSR count). The van der Waals surface area contributed by atoms with Crippen molar-refractivity contribution in [1.29, 1.82) is 0 Å². The number of aromatic nitrogens is 2. The average Bonchev–Trinajstić information content (AvgIpc) is 2.61. The number of amides is 1. The number of benzene rings is 1. The van der Waals surface area contributed by atoms with Crippen molar-refractivity contribution in [3.63, 3.8) is 0 Å². The standard InChI is InChI=1S/C16H17FN4O2/c17-13-3-1-12(2-4-13)15(22)19-11-14-5-6-18-16(20-14)21-7-9-23-10-8-21/h1-6H,7-11H2,(H,19,22). The number of hydrogen-bond donors (Lipinski definition) is 1. The third-order valence-corrected chi connectivity index (χ3v) is 3.53. The number of carbonyl (C=O) groups excluding carboxylic acids is 1. The van der Waals surface area contributed by atoms with E-state index in [1.54, 1.807) is 12.3 Å². The minimum atomic E-state index is -0.368. The van der Waals surface area contributed by atoms with Crippen molar-refractivity contribution >= 4 is 11.9 Å². The van der Waals surface area contributed by atoms with E-state index in [1.165, 1.54) is 24.3 Å². The van der Waals surface area contributed by atoms with Gasteiger partial charge in [0.15, 0.2) is 0 Å². The highest BCUT2D eigenvalue weighted by Crippen LogP contribution is 2.10. The predicted octanol–water partition coefficient (Wildman–Crippen LogP) is 1.38. The van der Waals surface area contributed by atoms with Crippen LogP contribution in [0.4, 0.5) is 10.3 Å². The molecule has 6 nitrogen and oxygen atoms in total. The Kier molecular flexibility index (Phi) is 4.77. The average molecular weight is 316 g/mol. The molecule has 7 heteroatoms. The normalized spacial score (nSPS) is 14.6. The van der Waals surface area contributed by atoms with E-state index in [4.69, 9.17) is 4.74 Å². The first kappa shape index (κ1) is 15.4. The molecular formula is C16H17FN4O2. The lowest BCUT2D eigenvalue weighted by molar-refractivity contribution is 0.0950. The van der Waals surface area contributed by atoms with Crippen molar-refractivity contribution in [2.24, 2.45) is 0 Å². The van der Waals surface area contributed by atoms with E-state index >= 15 is 0 Å². The van der Waals surface area contributed by atoms with Gasteiger partial charge in [-0.15, -0.1) is 0 Å². The third kappa shape index (κ3) is 4.01. The molecule has 1 aliphatic heterocycles. The molecule has 120 valence electrons. The number of nitrogens with zero attached hydrogens (tertiary/aromatic N) is 3. The van der Waals surface area contributed by atoms with E-state index in [9.17, 15) is 9.18 Å². The molecule has 0 spiro atoms. The van der Waals surface area contributed by atoms with Crippen LogP contribution in [-0.4, -0.2) is 42.2 Å². The van der Waals surface area contributed by atoms with Crippen LogP contribution in [0.15, 0.2) is 36.5 Å². The van der Waals surface area contributed by atoms with E-state index in [-0.39, 0.29) is 18.3 Å². The summed E-state index contributed by atoms with van der Waals surface area (Å²) in [7, 11) is 0. The summed E-state index contributed by atoms with van der Waals surface area (Å²) in [6.07, 6.45) is 1.68. The molecule has 0 bridgehead atoms. The number of nitrogens with one attached hydrogen (secondary N) is 1. The van der Waals surface area contributed by atoms with Gasteiger partial charge in [0.1, 0.15) is 5.82 Å². The van der Waals surface area contributed by atoms with Gasteiger partial charge in [0, 0.05) is 24.8 Å². The van der Waals surface area contributed by atoms with Crippen molar-refractivity contribution in [3.05, 3.63) is 53.6 Å². The van der Waals surface area contributed by atoms with E-state index in [0.717, 1.165) is 18.8 Å². The molecule has 2 aromatic rings. The second kappa shape index (κ2) is 7.15. The van der Waals surface area contributed by atoms with Gasteiger partial charge in [-0.3, -0.25) is 4.79 Å². The Morgan fingerprint density at radius 3 is 2.70 bits per heavy atom. The van der Waals surface area contributed by atoms with Crippen molar-refractivity contribution in [1.82, 2.24) is 15.3 Å². The van der Waals surface area contributed by atoms with Crippen LogP contribution < -0.4 is 10.2 Å². The fraction of sp³-hybridized carbons (Fsp3) is 0.312. The summed E-state index contributed by atoms with van der Waals surface area (Å²) in [4.78, 5) is 22.8. The van der Waals surface area contributed by atoms with Crippen molar-refractivity contribution in [2.45, 2.75) is 6.54 Å². The van der Waals surface area contributed by atoms with Gasteiger partial charge >= 0.3 is 0 Å². The van der Waals surface area contributed by atoms with Gasteiger partial charge in [-0.05, 0) is 30.3 Å². The molecule has 0 unspecified atom stereocenters. The topological polar surface area (TPSA) is 67.4 Å². The fourth-order valence-corrected chi connectivity index (χ4v) is 2.27. The molecule has 2 heterocycles. The Bertz CT molecular complexity index is 672. The van der Waals surface area contributed by atoms with Gasteiger partial charge in [0.25, 0.3) is 5.91 Å². The van der Waals surface area contributed by atoms with Crippen LogP contribution in [-0.2, 0) is 11.3 Å². The van der Waals surface area contributed by atoms with Gasteiger partial charge in [-0.25, -0.2) is 14.4 Å². The molecule has 1 fully saturated rings. The van der Waals surface area contributed by atoms with E-state index in [2.05, 4.69) is 20.2 Å². The number of rotatable bonds is 4. The highest BCUT2D eigenvalue weighted by atomic mass is 19.1. The molecule has 1 aromatic heterocycles. The van der Waals surface area contributed by atoms with Crippen LogP contribution >= 0.6 is 0 Å². The van der Waals surface area contributed by atoms with Gasteiger partial charge in [0.2, 0.25) is 5.95 Å². The molecule has 1 aromatic carbocycles. The minimum absolute atomic E-state index is 0.267. The summed E-state index contributed by atoms with van der Waals surface area (Å²) >= 11 is 0. The number of ether oxygens (including phenoxy) is 1. The Hall–Kier alpha value is -2.54. The lowest BCUT2D eigenvalue weighted by Gasteiger charge is -2.26. The molecular weight excluding hydrogens is 299 g/mol. The molecule has 0 atom stereocenters. The maximum Gasteiger partial charge on any atom is 0.251 e. The smallest absolute Gasteiger partial charge is 0.251 e. The van der Waals surface area contributed by atoms with Gasteiger partial charge < -0.3 is 15.0 Å². The summed E-state index contributed by atoms with van der Waals surface area (Å²) in [5, 5.41) is 2.77. The van der Waals surface area contributed by atoms with Crippen LogP contribution in [0.5, 0.6) is 0 Å². The summed E-state index contributed by atoms with van der Waals surface area (Å²) in [5.74, 6) is 0.00543. The van der Waals surface area contributed by atoms with Crippen molar-refractivity contribution in [2.75, 3.05) is 31.2 Å². The first-order valence-corrected chi connectivity index (χ1v) is 7.41. The molecule has 0 aliphatic carbocycles. The van der Waals surface area contributed by atoms with Gasteiger partial charge in [-0.2, -0.15) is 0 Å². The van der Waals surface area contributed by atoms with Crippen LogP contribution in [0.1, 0.15) is 16.1 Å². The Morgan fingerprint density at radius 2 is 1.96 bits per heavy atom. The Balaban J connectivity index is 1.61. The highest BCUT2D eigenvalue weighted by Gasteiger charge is 2.14. The van der Waals surface area contributed by atoms with Gasteiger partial charge in [0.05, 0.1) is 25.5 Å². The van der Waals surface area contributed by atoms with Crippen LogP contribution in [0, 0.1) is 5.82 Å². The first-order chi connectivity index (χ1) is 11.2. The second-order valence-electron chi connectivity index (χ2n) is 5.14. The molecule has 1 N–H and O–H groups in total. The molecule has 1 amide bonds. The zero-order valence-electron chi connectivity index (χ0n) is 12.5. The van der Waals surface area contributed by atoms with Crippen molar-refractivity contribution < 1.29 is 13.9 Å². The third-order valence-electron chi connectivity index (χ3n) is 3.53. The number of carbonyl (C=O) groups is 1. The quantitative estimate of drug-likeness (QED) is 0.923. The van der Waals surface area contributed by atoms with Gasteiger partial charge in [-0.1, -0.05) is 0 Å². The van der Waals surface area contributed by atoms with Crippen LogP contribution in [0.3, 0.4) is 0 Å². The Labute approximate surface area is 133 Å². The minimum Gasteiger partial charge on any atom is -0.378 e. The lowest BCUT2D eigenvalue weighted by atomic mass is 10.2. The molecule has 0 saturated carbocycles. The number of morpholine rings is 1. The number of hydrogen-bond acceptors (Lipinski definition) is 5. The number of halogens is 1. The molecule has 0 radical (unpaired) electrons. The Morgan fingerprint density at radius 1 is 1.22 bits per heavy atom. The first-order valence-electron chi connectivity index (χ1n) is 7.41. The molecule has 1 saturated heterocycles. The second-order valence-corrected chi connectivity index (χ2v) is 5.14. The molecule has 23 heavy (non-hydrogen) atoms. The zero-order chi connectivity index (χ0) is 16.1. The van der Waals surface area contributed by atoms with Crippen LogP contribution in [0.25, 0.3) is 0 Å². The van der Waals surface area contributed by atoms with E-state index in [1.807, 2.05) is 0 Å². The van der Waals surface area contributed by atoms with Crippen molar-refractivity contribution in [3.8, 4) is 0 Å². The van der Waals surface area contributed by atoms with Crippen LogP contribution in [0.2, 0.25) is 0 Å². The predicted molar refractivity (Wildman–Crippen MR) is 82.6 cm³/mol. The summed E-state index contributed by atoms with van der Waals surface area (Å²) in [5.41, 5.74) is 1.13. The summed E-state index contributed by atoms with van der Waals surface area (Å²) < 4.78 is 18.2. The largest absolute Gasteiger partial charge is 0.378 e. The lowest BCUT2D eigenvalue weighted by Crippen LogP contribution is -2.37. The van der Waals surface area contributed by atoms with E-state index < -0.39 is 0 Å². The summed E-state index contributed by atoms with van der Waals surface area (Å²) in [6.45, 7) is 3.12. The highest BCUT2D eigenvalue weighted by molar-refractivity contribution is 5.94. The summed E-state index contributed by atoms with van der Waals surface area (Å²) in [6, 6.07) is 7.18. The maximum absolute atomic E-state index is 12.9. The maximum atomic E-state index is 12.9. The monoisotopic (exact) mass is 316 g/mol. The van der Waals surface area contributed by atoms with E-state index in [0.29, 0.717) is 24.7 Å². The zero-order valence-corrected chi connectivity index (χ0v) is 12.5. The SMILES string of the molecule is O=C(NCc1ccnc(N2CCOCC2)n1)c1ccc(F)cc1. The molecule has 1 aliphatic rings. The fourth-order valence-electron chi connectivity index (χ4n) is 2.27. The number of anilines is 1.